The highest BCUT2D eigenvalue weighted by Gasteiger charge is 2.47. The smallest absolute Gasteiger partial charge is 0.291 e. The van der Waals surface area contributed by atoms with Crippen molar-refractivity contribution in [2.24, 2.45) is 0 Å². The summed E-state index contributed by atoms with van der Waals surface area (Å²) in [6.45, 7) is 0.708. The van der Waals surface area contributed by atoms with E-state index in [4.69, 9.17) is 0 Å². The highest BCUT2D eigenvalue weighted by Crippen LogP contribution is 2.41. The Bertz CT molecular complexity index is 2810. The molecule has 1 aromatic heterocycles. The number of nitrogens with zero attached hydrogens (tertiary/aromatic N) is 1. The number of benzene rings is 6. The number of aromatic nitrogens is 1. The molecule has 0 fully saturated rings. The third-order valence-electron chi connectivity index (χ3n) is 11.7. The van der Waals surface area contributed by atoms with E-state index >= 15 is 0 Å². The number of pyridine rings is 1. The number of carbonyl (C=O) groups excluding carboxylic acids is 1. The van der Waals surface area contributed by atoms with E-state index in [-0.39, 0.29) is 0 Å². The molecule has 0 aliphatic heterocycles. The molecule has 0 spiro atoms. The Kier molecular flexibility index (Phi) is 15.3. The molecule has 0 N–H and O–H groups in total. The van der Waals surface area contributed by atoms with Crippen molar-refractivity contribution >= 4 is 45.1 Å². The predicted molar refractivity (Wildman–Crippen MR) is 225 cm³/mol. The molecule has 0 saturated carbocycles. The minimum absolute atomic E-state index is 0.691. The number of hydrogen-bond acceptors (Lipinski definition) is 1. The standard InChI is InChI=1S/C32H12BF24.C17H14NO/c34-25(35,36)13-1-14(26(37,38)39)6-21(5-13)33(22-7-15(27(40,41)42)2-16(8-22)28(43,44)45,23-9-17(29(46,47)48)3-18(10-23)30(49,50)51)24-11-19(31(52,53)54)4-20(12-24)32(55,56)57;19-13-17-16-9-5-4-8-15(16)10-11-18(17)12-14-6-2-1-3-7-14/h1-12H;1-11,13H,12H2/q-1;+1. The van der Waals surface area contributed by atoms with Gasteiger partial charge in [-0.25, -0.2) is 0 Å². The SMILES string of the molecule is FC(F)(F)c1cc([B-](c2cc(C(F)(F)F)cc(C(F)(F)F)c2)(c2cc(C(F)(F)F)cc(C(F)(F)F)c2)c2cc(C(F)(F)F)cc(C(F)(F)F)c2)cc(C(F)(F)F)c1.O=Cc1c2ccccc2cc[n+]1Cc1ccccc1. The first kappa shape index (κ1) is 58.1. The lowest BCUT2D eigenvalue weighted by molar-refractivity contribution is -0.688. The Morgan fingerprint density at radius 2 is 0.605 bits per heavy atom. The van der Waals surface area contributed by atoms with Crippen LogP contribution in [-0.2, 0) is 56.0 Å². The zero-order chi connectivity index (χ0) is 57.0. The molecule has 0 atom stereocenters. The first-order chi connectivity index (χ1) is 34.6. The van der Waals surface area contributed by atoms with E-state index in [9.17, 15) is 110 Å². The van der Waals surface area contributed by atoms with Gasteiger partial charge in [-0.05, 0) is 35.7 Å². The van der Waals surface area contributed by atoms with Crippen molar-refractivity contribution in [3.05, 3.63) is 195 Å². The van der Waals surface area contributed by atoms with Crippen molar-refractivity contribution in [3.63, 3.8) is 0 Å². The molecule has 7 aromatic rings. The van der Waals surface area contributed by atoms with E-state index in [1.165, 1.54) is 5.56 Å². The summed E-state index contributed by atoms with van der Waals surface area (Å²) in [6, 6.07) is 11.3. The topological polar surface area (TPSA) is 20.9 Å². The van der Waals surface area contributed by atoms with Gasteiger partial charge in [0.15, 0.2) is 12.7 Å². The van der Waals surface area contributed by atoms with Crippen LogP contribution in [0.1, 0.15) is 60.6 Å². The lowest BCUT2D eigenvalue weighted by Crippen LogP contribution is -2.75. The lowest BCUT2D eigenvalue weighted by Gasteiger charge is -2.46. The first-order valence-corrected chi connectivity index (χ1v) is 20.9. The van der Waals surface area contributed by atoms with E-state index in [1.54, 1.807) is 0 Å². The van der Waals surface area contributed by atoms with Crippen LogP contribution in [0, 0.1) is 0 Å². The molecule has 1 heterocycles. The van der Waals surface area contributed by atoms with Gasteiger partial charge < -0.3 is 0 Å². The molecule has 6 aromatic carbocycles. The van der Waals surface area contributed by atoms with Gasteiger partial charge in [0.25, 0.3) is 5.69 Å². The fourth-order valence-electron chi connectivity index (χ4n) is 8.40. The van der Waals surface area contributed by atoms with Crippen LogP contribution in [0.25, 0.3) is 10.8 Å². The average Bonchev–Trinajstić information content (AvgIpc) is 3.30. The quantitative estimate of drug-likeness (QED) is 0.0674. The normalized spacial score (nSPS) is 13.4. The van der Waals surface area contributed by atoms with Crippen LogP contribution in [-0.4, -0.2) is 12.4 Å². The molecule has 0 unspecified atom stereocenters. The summed E-state index contributed by atoms with van der Waals surface area (Å²) in [4.78, 5) is 11.4. The maximum absolute atomic E-state index is 14.2. The van der Waals surface area contributed by atoms with Gasteiger partial charge in [0.05, 0.1) is 49.9 Å². The van der Waals surface area contributed by atoms with E-state index in [2.05, 4.69) is 12.1 Å². The van der Waals surface area contributed by atoms with Crippen LogP contribution in [0.15, 0.2) is 140 Å². The summed E-state index contributed by atoms with van der Waals surface area (Å²) >= 11 is 0. The fraction of sp³-hybridized carbons (Fsp3) is 0.184. The summed E-state index contributed by atoms with van der Waals surface area (Å²) in [6.07, 6.45) is -51.9. The summed E-state index contributed by atoms with van der Waals surface area (Å²) in [5.74, 6) is 0. The van der Waals surface area contributed by atoms with Crippen molar-refractivity contribution in [3.8, 4) is 0 Å². The van der Waals surface area contributed by atoms with Gasteiger partial charge in [-0.15, -0.1) is 0 Å². The van der Waals surface area contributed by atoms with Crippen molar-refractivity contribution in [2.45, 2.75) is 56.0 Å². The van der Waals surface area contributed by atoms with Gasteiger partial charge in [-0.3, -0.25) is 4.79 Å². The van der Waals surface area contributed by atoms with Crippen LogP contribution in [0.4, 0.5) is 105 Å². The van der Waals surface area contributed by atoms with Crippen LogP contribution in [0.5, 0.6) is 0 Å². The lowest BCUT2D eigenvalue weighted by atomic mass is 9.12. The van der Waals surface area contributed by atoms with Crippen LogP contribution in [0.2, 0.25) is 0 Å². The number of aldehydes is 1. The minimum atomic E-state index is -6.13. The molecule has 0 saturated heterocycles. The Morgan fingerprint density at radius 1 is 0.342 bits per heavy atom. The Labute approximate surface area is 410 Å². The predicted octanol–water partition coefficient (Wildman–Crippen LogP) is 14.2. The van der Waals surface area contributed by atoms with E-state index in [0.29, 0.717) is 6.54 Å². The largest absolute Gasteiger partial charge is 0.416 e. The zero-order valence-electron chi connectivity index (χ0n) is 37.1. The van der Waals surface area contributed by atoms with Gasteiger partial charge in [0, 0.05) is 11.6 Å². The van der Waals surface area contributed by atoms with Crippen LogP contribution >= 0.6 is 0 Å². The second-order valence-electron chi connectivity index (χ2n) is 16.7. The highest BCUT2D eigenvalue weighted by atomic mass is 19.4. The zero-order valence-corrected chi connectivity index (χ0v) is 37.1. The average molecular weight is 1110 g/mol. The van der Waals surface area contributed by atoms with E-state index in [1.807, 2.05) is 59.3 Å². The molecule has 0 aliphatic carbocycles. The molecule has 404 valence electrons. The first-order valence-electron chi connectivity index (χ1n) is 20.9. The number of hydrogen-bond donors (Lipinski definition) is 0. The Morgan fingerprint density at radius 3 is 0.868 bits per heavy atom. The van der Waals surface area contributed by atoms with Gasteiger partial charge >= 0.3 is 49.4 Å². The van der Waals surface area contributed by atoms with E-state index < -0.39 is 195 Å². The fourth-order valence-corrected chi connectivity index (χ4v) is 8.40. The van der Waals surface area contributed by atoms with Gasteiger partial charge in [0.1, 0.15) is 6.15 Å². The molecule has 7 rings (SSSR count). The molecule has 76 heavy (non-hydrogen) atoms. The number of halogens is 24. The Hall–Kier alpha value is -7.22. The molecule has 27 heteroatoms. The van der Waals surface area contributed by atoms with E-state index in [0.717, 1.165) is 22.8 Å². The summed E-state index contributed by atoms with van der Waals surface area (Å²) in [5.41, 5.74) is -28.3. The summed E-state index contributed by atoms with van der Waals surface area (Å²) in [7, 11) is 0. The third kappa shape index (κ3) is 12.7. The molecule has 0 radical (unpaired) electrons. The summed E-state index contributed by atoms with van der Waals surface area (Å²) in [5, 5.41) is 2.09. The van der Waals surface area contributed by atoms with Crippen LogP contribution in [0.3, 0.4) is 0 Å². The number of carbonyl (C=O) groups is 1. The second kappa shape index (κ2) is 20.1. The van der Waals surface area contributed by atoms with Gasteiger partial charge in [-0.1, -0.05) is 97.1 Å². The Balaban J connectivity index is 0.000000408. The van der Waals surface area contributed by atoms with Gasteiger partial charge in [0.2, 0.25) is 6.29 Å². The van der Waals surface area contributed by atoms with Gasteiger partial charge in [-0.2, -0.15) is 132 Å². The molecular weight excluding hydrogens is 1090 g/mol. The molecule has 0 aliphatic rings. The number of fused-ring (bicyclic) bond motifs is 1. The third-order valence-corrected chi connectivity index (χ3v) is 11.7. The van der Waals surface area contributed by atoms with Crippen molar-refractivity contribution in [2.75, 3.05) is 0 Å². The number of rotatable bonds is 7. The maximum Gasteiger partial charge on any atom is 0.416 e. The second-order valence-corrected chi connectivity index (χ2v) is 16.7. The highest BCUT2D eigenvalue weighted by molar-refractivity contribution is 7.20. The molecule has 2 nitrogen and oxygen atoms in total. The van der Waals surface area contributed by atoms with Crippen LogP contribution < -0.4 is 26.4 Å². The maximum atomic E-state index is 14.2. The number of alkyl halides is 24. The molecule has 0 bridgehead atoms. The summed E-state index contributed by atoms with van der Waals surface area (Å²) < 4.78 is 343. The molecule has 0 amide bonds. The van der Waals surface area contributed by atoms with Crippen molar-refractivity contribution in [1.29, 1.82) is 0 Å². The minimum Gasteiger partial charge on any atom is -0.291 e. The van der Waals surface area contributed by atoms with Crippen molar-refractivity contribution < 1.29 is 115 Å². The van der Waals surface area contributed by atoms with Crippen molar-refractivity contribution in [1.82, 2.24) is 0 Å². The molecular formula is C49H26BF24NO. The monoisotopic (exact) mass is 1110 g/mol.